The van der Waals surface area contributed by atoms with Crippen LogP contribution in [-0.2, 0) is 13.0 Å². The summed E-state index contributed by atoms with van der Waals surface area (Å²) in [5, 5.41) is 11.9. The maximum atomic E-state index is 4.90. The smallest absolute Gasteiger partial charge is 0.141 e. The second kappa shape index (κ2) is 6.61. The quantitative estimate of drug-likeness (QED) is 0.386. The first-order valence-electron chi connectivity index (χ1n) is 10.7. The number of anilines is 1. The third kappa shape index (κ3) is 2.63. The summed E-state index contributed by atoms with van der Waals surface area (Å²) in [7, 11) is 0. The van der Waals surface area contributed by atoms with Crippen molar-refractivity contribution in [2.45, 2.75) is 19.0 Å². The van der Waals surface area contributed by atoms with E-state index in [9.17, 15) is 0 Å². The summed E-state index contributed by atoms with van der Waals surface area (Å²) in [6, 6.07) is 20.2. The van der Waals surface area contributed by atoms with E-state index in [1.165, 1.54) is 38.7 Å². The van der Waals surface area contributed by atoms with Gasteiger partial charge in [-0.15, -0.1) is 11.3 Å². The van der Waals surface area contributed by atoms with Crippen molar-refractivity contribution in [1.29, 1.82) is 0 Å². The lowest BCUT2D eigenvalue weighted by Gasteiger charge is -2.28. The molecule has 0 saturated heterocycles. The van der Waals surface area contributed by atoms with Crippen molar-refractivity contribution in [2.24, 2.45) is 0 Å². The maximum absolute atomic E-state index is 4.90. The molecule has 5 aromatic rings. The first-order valence-corrected chi connectivity index (χ1v) is 11.6. The Bertz CT molecular complexity index is 1490. The zero-order valence-corrected chi connectivity index (χ0v) is 17.7. The highest BCUT2D eigenvalue weighted by Crippen LogP contribution is 2.40. The summed E-state index contributed by atoms with van der Waals surface area (Å²) < 4.78 is 0. The van der Waals surface area contributed by atoms with E-state index in [4.69, 9.17) is 4.98 Å². The van der Waals surface area contributed by atoms with E-state index < -0.39 is 0 Å². The van der Waals surface area contributed by atoms with Gasteiger partial charge in [0, 0.05) is 24.3 Å². The van der Waals surface area contributed by atoms with E-state index in [-0.39, 0.29) is 6.04 Å². The van der Waals surface area contributed by atoms with Gasteiger partial charge in [0.1, 0.15) is 10.3 Å². The topological polar surface area (TPSA) is 49.8 Å². The van der Waals surface area contributed by atoms with E-state index in [0.29, 0.717) is 0 Å². The van der Waals surface area contributed by atoms with Gasteiger partial charge in [-0.3, -0.25) is 0 Å². The molecule has 2 aromatic heterocycles. The van der Waals surface area contributed by atoms with Gasteiger partial charge < -0.3 is 10.6 Å². The zero-order valence-electron chi connectivity index (χ0n) is 16.9. The molecule has 5 heteroatoms. The van der Waals surface area contributed by atoms with Gasteiger partial charge in [0.05, 0.1) is 17.9 Å². The number of benzene rings is 3. The second-order valence-electron chi connectivity index (χ2n) is 8.32. The minimum absolute atomic E-state index is 0.197. The van der Waals surface area contributed by atoms with Gasteiger partial charge in [-0.25, -0.2) is 9.97 Å². The van der Waals surface area contributed by atoms with E-state index in [1.807, 2.05) is 12.3 Å². The molecule has 0 radical (unpaired) electrons. The second-order valence-corrected chi connectivity index (χ2v) is 9.21. The largest absolute Gasteiger partial charge is 0.384 e. The number of nitrogens with one attached hydrogen (secondary N) is 2. The molecule has 1 unspecified atom stereocenters. The van der Waals surface area contributed by atoms with Crippen LogP contribution in [0.3, 0.4) is 0 Å². The third-order valence-electron chi connectivity index (χ3n) is 6.58. The SMILES string of the molecule is c1cc2c3c(ccc(-c4cnc5sccc5n4)c3c1)CNC2c1ccc2c(c1)CCN2. The van der Waals surface area contributed by atoms with Crippen LogP contribution in [0.25, 0.3) is 32.4 Å². The number of thiophene rings is 1. The number of hydrogen-bond donors (Lipinski definition) is 2. The van der Waals surface area contributed by atoms with Crippen molar-refractivity contribution in [3.05, 3.63) is 88.4 Å². The van der Waals surface area contributed by atoms with Gasteiger partial charge >= 0.3 is 0 Å². The molecular formula is C26H20N4S. The molecule has 2 N–H and O–H groups in total. The minimum atomic E-state index is 0.197. The molecule has 0 bridgehead atoms. The highest BCUT2D eigenvalue weighted by atomic mass is 32.1. The van der Waals surface area contributed by atoms with E-state index in [2.05, 4.69) is 69.5 Å². The molecule has 4 nitrogen and oxygen atoms in total. The Balaban J connectivity index is 1.42. The van der Waals surface area contributed by atoms with E-state index >= 15 is 0 Å². The summed E-state index contributed by atoms with van der Waals surface area (Å²) in [5.74, 6) is 0. The molecule has 0 saturated carbocycles. The Kier molecular flexibility index (Phi) is 3.71. The monoisotopic (exact) mass is 420 g/mol. The van der Waals surface area contributed by atoms with Crippen molar-refractivity contribution in [3.63, 3.8) is 0 Å². The van der Waals surface area contributed by atoms with Crippen molar-refractivity contribution in [2.75, 3.05) is 11.9 Å². The van der Waals surface area contributed by atoms with Gasteiger partial charge in [0.2, 0.25) is 0 Å². The summed E-state index contributed by atoms with van der Waals surface area (Å²) in [5.41, 5.74) is 9.79. The average Bonchev–Trinajstić information content (AvgIpc) is 3.48. The number of fused-ring (bicyclic) bond motifs is 2. The molecule has 7 rings (SSSR count). The van der Waals surface area contributed by atoms with E-state index in [1.54, 1.807) is 11.3 Å². The highest BCUT2D eigenvalue weighted by molar-refractivity contribution is 7.16. The lowest BCUT2D eigenvalue weighted by atomic mass is 9.85. The van der Waals surface area contributed by atoms with Crippen LogP contribution in [0.4, 0.5) is 5.69 Å². The molecule has 3 aromatic carbocycles. The molecule has 150 valence electrons. The molecule has 0 aliphatic carbocycles. The number of nitrogens with zero attached hydrogens (tertiary/aromatic N) is 2. The molecule has 4 heterocycles. The first kappa shape index (κ1) is 17.4. The molecular weight excluding hydrogens is 400 g/mol. The fraction of sp³-hybridized carbons (Fsp3) is 0.154. The number of hydrogen-bond acceptors (Lipinski definition) is 5. The van der Waals surface area contributed by atoms with Gasteiger partial charge in [0.15, 0.2) is 0 Å². The molecule has 0 amide bonds. The molecule has 2 aliphatic heterocycles. The minimum Gasteiger partial charge on any atom is -0.384 e. The summed E-state index contributed by atoms with van der Waals surface area (Å²) in [4.78, 5) is 10.5. The lowest BCUT2D eigenvalue weighted by Crippen LogP contribution is -2.26. The zero-order chi connectivity index (χ0) is 20.4. The van der Waals surface area contributed by atoms with Gasteiger partial charge in [-0.2, -0.15) is 0 Å². The molecule has 0 fully saturated rings. The highest BCUT2D eigenvalue weighted by Gasteiger charge is 2.25. The third-order valence-corrected chi connectivity index (χ3v) is 7.39. The molecule has 1 atom stereocenters. The lowest BCUT2D eigenvalue weighted by molar-refractivity contribution is 0.596. The van der Waals surface area contributed by atoms with E-state index in [0.717, 1.165) is 41.1 Å². The summed E-state index contributed by atoms with van der Waals surface area (Å²) in [6.07, 6.45) is 3.01. The van der Waals surface area contributed by atoms with Crippen molar-refractivity contribution in [3.8, 4) is 11.3 Å². The molecule has 2 aliphatic rings. The van der Waals surface area contributed by atoms with Crippen molar-refractivity contribution < 1.29 is 0 Å². The first-order chi connectivity index (χ1) is 15.3. The van der Waals surface area contributed by atoms with Crippen LogP contribution in [0.2, 0.25) is 0 Å². The van der Waals surface area contributed by atoms with Crippen LogP contribution >= 0.6 is 11.3 Å². The van der Waals surface area contributed by atoms with Gasteiger partial charge in [-0.1, -0.05) is 42.5 Å². The maximum Gasteiger partial charge on any atom is 0.141 e. The summed E-state index contributed by atoms with van der Waals surface area (Å²) in [6.45, 7) is 1.90. The Morgan fingerprint density at radius 2 is 2.00 bits per heavy atom. The van der Waals surface area contributed by atoms with Crippen LogP contribution < -0.4 is 10.6 Å². The van der Waals surface area contributed by atoms with Crippen LogP contribution in [0.1, 0.15) is 28.3 Å². The Labute approximate surface area is 184 Å². The Morgan fingerprint density at radius 3 is 3.00 bits per heavy atom. The fourth-order valence-corrected chi connectivity index (χ4v) is 5.80. The number of aromatic nitrogens is 2. The summed E-state index contributed by atoms with van der Waals surface area (Å²) >= 11 is 1.63. The van der Waals surface area contributed by atoms with Gasteiger partial charge in [-0.05, 0) is 57.0 Å². The van der Waals surface area contributed by atoms with Crippen LogP contribution in [0.15, 0.2) is 66.2 Å². The standard InChI is InChI=1S/C26H20N4S/c1-2-19-18(23-14-29-26-22(30-23)9-11-31-26)6-4-17-13-28-25(20(3-1)24(17)19)16-5-7-21-15(12-16)8-10-27-21/h1-7,9,11-12,14,25,27-28H,8,10,13H2. The normalized spacial score (nSPS) is 17.1. The molecule has 31 heavy (non-hydrogen) atoms. The molecule has 0 spiro atoms. The van der Waals surface area contributed by atoms with Crippen molar-refractivity contribution >= 4 is 38.1 Å². The Hall–Kier alpha value is -3.28. The van der Waals surface area contributed by atoms with Gasteiger partial charge in [0.25, 0.3) is 0 Å². The predicted octanol–water partition coefficient (Wildman–Crippen LogP) is 5.67. The van der Waals surface area contributed by atoms with Crippen LogP contribution in [0.5, 0.6) is 0 Å². The predicted molar refractivity (Wildman–Crippen MR) is 128 cm³/mol. The fourth-order valence-electron chi connectivity index (χ4n) is 5.13. The Morgan fingerprint density at radius 1 is 1.00 bits per heavy atom. The van der Waals surface area contributed by atoms with Crippen molar-refractivity contribution in [1.82, 2.24) is 15.3 Å². The number of rotatable bonds is 2. The van der Waals surface area contributed by atoms with Crippen LogP contribution in [-0.4, -0.2) is 16.5 Å². The van der Waals surface area contributed by atoms with Crippen LogP contribution in [0, 0.1) is 0 Å². The average molecular weight is 421 g/mol.